The summed E-state index contributed by atoms with van der Waals surface area (Å²) in [5, 5.41) is 0. The van der Waals surface area contributed by atoms with Crippen LogP contribution in [0.5, 0.6) is 0 Å². The number of pyridine rings is 1. The first-order valence-corrected chi connectivity index (χ1v) is 5.57. The summed E-state index contributed by atoms with van der Waals surface area (Å²) in [6.45, 7) is 0. The average Bonchev–Trinajstić information content (AvgIpc) is 2.94. The van der Waals surface area contributed by atoms with Crippen LogP contribution < -0.4 is 0 Å². The first-order valence-electron chi connectivity index (χ1n) is 5.57. The average molecular weight is 220 g/mol. The van der Waals surface area contributed by atoms with E-state index < -0.39 is 0 Å². The maximum atomic E-state index is 4.02. The van der Waals surface area contributed by atoms with Gasteiger partial charge < -0.3 is 4.57 Å². The lowest BCUT2D eigenvalue weighted by molar-refractivity contribution is 1.08. The Morgan fingerprint density at radius 3 is 1.94 bits per heavy atom. The Labute approximate surface area is 100 Å². The summed E-state index contributed by atoms with van der Waals surface area (Å²) in [7, 11) is 0. The zero-order valence-electron chi connectivity index (χ0n) is 9.32. The van der Waals surface area contributed by atoms with Gasteiger partial charge in [0.2, 0.25) is 0 Å². The van der Waals surface area contributed by atoms with Crippen molar-refractivity contribution in [3.8, 4) is 16.8 Å². The van der Waals surface area contributed by atoms with Crippen LogP contribution in [0.4, 0.5) is 0 Å². The van der Waals surface area contributed by atoms with E-state index in [1.165, 1.54) is 16.8 Å². The number of hydrogen-bond acceptors (Lipinski definition) is 1. The number of benzene rings is 1. The summed E-state index contributed by atoms with van der Waals surface area (Å²) in [6, 6.07) is 16.6. The lowest BCUT2D eigenvalue weighted by Crippen LogP contribution is -1.88. The van der Waals surface area contributed by atoms with Gasteiger partial charge in [-0.15, -0.1) is 0 Å². The molecule has 0 N–H and O–H groups in total. The van der Waals surface area contributed by atoms with E-state index in [1.54, 1.807) is 0 Å². The van der Waals surface area contributed by atoms with Gasteiger partial charge in [0.1, 0.15) is 0 Å². The van der Waals surface area contributed by atoms with Gasteiger partial charge in [-0.3, -0.25) is 4.98 Å². The molecule has 17 heavy (non-hydrogen) atoms. The highest BCUT2D eigenvalue weighted by Crippen LogP contribution is 2.20. The van der Waals surface area contributed by atoms with Gasteiger partial charge in [-0.25, -0.2) is 0 Å². The van der Waals surface area contributed by atoms with Crippen molar-refractivity contribution in [3.63, 3.8) is 0 Å². The Hall–Kier alpha value is -2.35. The fourth-order valence-corrected chi connectivity index (χ4v) is 1.88. The second-order valence-corrected chi connectivity index (χ2v) is 3.87. The summed E-state index contributed by atoms with van der Waals surface area (Å²) in [5.41, 5.74) is 3.58. The molecule has 0 radical (unpaired) electrons. The molecular formula is C15H12N2. The molecule has 2 heteroatoms. The van der Waals surface area contributed by atoms with E-state index in [1.807, 2.05) is 49.1 Å². The highest BCUT2D eigenvalue weighted by atomic mass is 14.9. The van der Waals surface area contributed by atoms with Gasteiger partial charge in [0.05, 0.1) is 0 Å². The molecule has 0 bridgehead atoms. The molecule has 1 aromatic carbocycles. The van der Waals surface area contributed by atoms with Crippen molar-refractivity contribution < 1.29 is 0 Å². The van der Waals surface area contributed by atoms with Crippen LogP contribution in [0.1, 0.15) is 0 Å². The molecular weight excluding hydrogens is 208 g/mol. The third-order valence-electron chi connectivity index (χ3n) is 2.78. The smallest absolute Gasteiger partial charge is 0.0449 e. The lowest BCUT2D eigenvalue weighted by atomic mass is 10.1. The maximum absolute atomic E-state index is 4.02. The Kier molecular flexibility index (Phi) is 2.47. The first kappa shape index (κ1) is 9.85. The predicted octanol–water partition coefficient (Wildman–Crippen LogP) is 3.54. The predicted molar refractivity (Wildman–Crippen MR) is 69.0 cm³/mol. The van der Waals surface area contributed by atoms with E-state index in [0.29, 0.717) is 0 Å². The molecule has 0 saturated carbocycles. The largest absolute Gasteiger partial charge is 0.324 e. The van der Waals surface area contributed by atoms with Crippen LogP contribution in [0.3, 0.4) is 0 Å². The molecule has 2 nitrogen and oxygen atoms in total. The quantitative estimate of drug-likeness (QED) is 0.646. The molecule has 82 valence electrons. The van der Waals surface area contributed by atoms with E-state index >= 15 is 0 Å². The summed E-state index contributed by atoms with van der Waals surface area (Å²) >= 11 is 0. The molecule has 0 spiro atoms. The Balaban J connectivity index is 1.96. The Morgan fingerprint density at radius 2 is 1.29 bits per heavy atom. The number of aromatic nitrogens is 2. The van der Waals surface area contributed by atoms with Crippen molar-refractivity contribution >= 4 is 0 Å². The van der Waals surface area contributed by atoms with E-state index in [9.17, 15) is 0 Å². The molecule has 0 fully saturated rings. The van der Waals surface area contributed by atoms with E-state index in [-0.39, 0.29) is 0 Å². The SMILES string of the molecule is c1ccn(-c2ccc(-c3ccncc3)cc2)c1. The van der Waals surface area contributed by atoms with Crippen LogP contribution in [0.2, 0.25) is 0 Å². The van der Waals surface area contributed by atoms with Crippen LogP contribution in [0.25, 0.3) is 16.8 Å². The first-order chi connectivity index (χ1) is 8.43. The molecule has 0 atom stereocenters. The molecule has 0 aliphatic rings. The topological polar surface area (TPSA) is 17.8 Å². The molecule has 0 unspecified atom stereocenters. The molecule has 0 saturated heterocycles. The number of hydrogen-bond donors (Lipinski definition) is 0. The van der Waals surface area contributed by atoms with Crippen molar-refractivity contribution in [1.82, 2.24) is 9.55 Å². The van der Waals surface area contributed by atoms with E-state index in [4.69, 9.17) is 0 Å². The summed E-state index contributed by atoms with van der Waals surface area (Å²) < 4.78 is 2.09. The fraction of sp³-hybridized carbons (Fsp3) is 0. The number of rotatable bonds is 2. The standard InChI is InChI=1S/C15H12N2/c1-2-12-17(11-1)15-5-3-13(4-6-15)14-7-9-16-10-8-14/h1-12H. The van der Waals surface area contributed by atoms with Crippen molar-refractivity contribution in [1.29, 1.82) is 0 Å². The Bertz CT molecular complexity index is 581. The summed E-state index contributed by atoms with van der Waals surface area (Å²) in [4.78, 5) is 4.02. The molecule has 3 rings (SSSR count). The van der Waals surface area contributed by atoms with Crippen LogP contribution >= 0.6 is 0 Å². The summed E-state index contributed by atoms with van der Waals surface area (Å²) in [6.07, 6.45) is 7.72. The monoisotopic (exact) mass is 220 g/mol. The van der Waals surface area contributed by atoms with Crippen molar-refractivity contribution in [3.05, 3.63) is 73.3 Å². The molecule has 3 aromatic rings. The van der Waals surface area contributed by atoms with Gasteiger partial charge in [-0.05, 0) is 47.5 Å². The second kappa shape index (κ2) is 4.26. The van der Waals surface area contributed by atoms with Crippen LogP contribution in [0.15, 0.2) is 73.3 Å². The van der Waals surface area contributed by atoms with Crippen molar-refractivity contribution in [2.45, 2.75) is 0 Å². The lowest BCUT2D eigenvalue weighted by Gasteiger charge is -2.05. The molecule has 2 heterocycles. The van der Waals surface area contributed by atoms with Crippen LogP contribution in [-0.4, -0.2) is 9.55 Å². The normalized spacial score (nSPS) is 10.4. The van der Waals surface area contributed by atoms with Gasteiger partial charge >= 0.3 is 0 Å². The third kappa shape index (κ3) is 1.97. The van der Waals surface area contributed by atoms with Crippen molar-refractivity contribution in [2.75, 3.05) is 0 Å². The Morgan fingerprint density at radius 1 is 0.706 bits per heavy atom. The van der Waals surface area contributed by atoms with Crippen molar-refractivity contribution in [2.24, 2.45) is 0 Å². The second-order valence-electron chi connectivity index (χ2n) is 3.87. The van der Waals surface area contributed by atoms with Gasteiger partial charge in [0.15, 0.2) is 0 Å². The number of nitrogens with zero attached hydrogens (tertiary/aromatic N) is 2. The minimum atomic E-state index is 1.17. The minimum Gasteiger partial charge on any atom is -0.324 e. The van der Waals surface area contributed by atoms with Crippen LogP contribution in [-0.2, 0) is 0 Å². The molecule has 0 aliphatic carbocycles. The maximum Gasteiger partial charge on any atom is 0.0449 e. The molecule has 0 aliphatic heterocycles. The zero-order chi connectivity index (χ0) is 11.5. The molecule has 2 aromatic heterocycles. The minimum absolute atomic E-state index is 1.17. The van der Waals surface area contributed by atoms with Gasteiger partial charge in [0, 0.05) is 30.5 Å². The van der Waals surface area contributed by atoms with Gasteiger partial charge in [-0.1, -0.05) is 12.1 Å². The van der Waals surface area contributed by atoms with Gasteiger partial charge in [-0.2, -0.15) is 0 Å². The van der Waals surface area contributed by atoms with Crippen LogP contribution in [0, 0.1) is 0 Å². The van der Waals surface area contributed by atoms with E-state index in [2.05, 4.69) is 33.8 Å². The summed E-state index contributed by atoms with van der Waals surface area (Å²) in [5.74, 6) is 0. The van der Waals surface area contributed by atoms with Gasteiger partial charge in [0.25, 0.3) is 0 Å². The van der Waals surface area contributed by atoms with E-state index in [0.717, 1.165) is 0 Å². The fourth-order valence-electron chi connectivity index (χ4n) is 1.88. The highest BCUT2D eigenvalue weighted by Gasteiger charge is 1.98. The zero-order valence-corrected chi connectivity index (χ0v) is 9.32. The third-order valence-corrected chi connectivity index (χ3v) is 2.78. The molecule has 0 amide bonds. The highest BCUT2D eigenvalue weighted by molar-refractivity contribution is 5.64.